The van der Waals surface area contributed by atoms with Gasteiger partial charge in [0.2, 0.25) is 5.91 Å². The zero-order chi connectivity index (χ0) is 24.3. The van der Waals surface area contributed by atoms with E-state index >= 15 is 0 Å². The molecule has 5 rings (SSSR count). The standard InChI is InChI=1S/C26H34N4O4/c1-25(2)9-5-6-16(11-25)10-20(32)19-12-26(15-31)13-21(26)30(19)22(33)14-29-18-8-4-3-7-17(18)23(28-29)24(27)34/h3-4,7-8,16,19,21,31H,5-6,9-15H2,1-2H3,(H2,27,34)/t16-,19-,21+,26-/m0/s1. The number of nitrogens with two attached hydrogens (primary N) is 1. The minimum absolute atomic E-state index is 0.0157. The van der Waals surface area contributed by atoms with Crippen LogP contribution in [0.1, 0.15) is 69.3 Å². The van der Waals surface area contributed by atoms with Crippen molar-refractivity contribution in [3.63, 3.8) is 0 Å². The third-order valence-corrected chi connectivity index (χ3v) is 8.37. The quantitative estimate of drug-likeness (QED) is 0.650. The number of amides is 2. The van der Waals surface area contributed by atoms with Crippen molar-refractivity contribution in [3.8, 4) is 0 Å². The lowest BCUT2D eigenvalue weighted by Crippen LogP contribution is -2.45. The van der Waals surface area contributed by atoms with Crippen molar-refractivity contribution in [1.29, 1.82) is 0 Å². The lowest BCUT2D eigenvalue weighted by molar-refractivity contribution is -0.140. The van der Waals surface area contributed by atoms with E-state index in [2.05, 4.69) is 18.9 Å². The molecule has 0 bridgehead atoms. The van der Waals surface area contributed by atoms with Crippen LogP contribution in [0.3, 0.4) is 0 Å². The predicted octanol–water partition coefficient (Wildman–Crippen LogP) is 2.66. The molecule has 1 saturated heterocycles. The van der Waals surface area contributed by atoms with Gasteiger partial charge in [0.05, 0.1) is 18.2 Å². The van der Waals surface area contributed by atoms with E-state index in [4.69, 9.17) is 5.73 Å². The Morgan fingerprint density at radius 3 is 2.65 bits per heavy atom. The molecule has 2 aromatic rings. The Balaban J connectivity index is 1.37. The summed E-state index contributed by atoms with van der Waals surface area (Å²) < 4.78 is 1.50. The third kappa shape index (κ3) is 3.91. The molecule has 3 aliphatic rings. The highest BCUT2D eigenvalue weighted by Gasteiger charge is 2.66. The molecule has 4 atom stereocenters. The van der Waals surface area contributed by atoms with Crippen LogP contribution in [0.25, 0.3) is 10.9 Å². The molecule has 0 radical (unpaired) electrons. The van der Waals surface area contributed by atoms with Crippen LogP contribution in [0.4, 0.5) is 0 Å². The van der Waals surface area contributed by atoms with E-state index in [0.717, 1.165) is 25.7 Å². The van der Waals surface area contributed by atoms with Gasteiger partial charge in [-0.2, -0.15) is 5.10 Å². The average Bonchev–Trinajstić information content (AvgIpc) is 3.21. The maximum absolute atomic E-state index is 13.6. The number of ketones is 1. The van der Waals surface area contributed by atoms with E-state index < -0.39 is 11.9 Å². The highest BCUT2D eigenvalue weighted by molar-refractivity contribution is 6.04. The average molecular weight is 467 g/mol. The number of Topliss-reactive ketones (excluding diaryl/α,β-unsaturated/α-hetero) is 1. The van der Waals surface area contributed by atoms with Crippen molar-refractivity contribution in [2.75, 3.05) is 6.61 Å². The molecule has 1 aliphatic heterocycles. The second kappa shape index (κ2) is 8.18. The summed E-state index contributed by atoms with van der Waals surface area (Å²) >= 11 is 0. The Morgan fingerprint density at radius 1 is 1.18 bits per heavy atom. The van der Waals surface area contributed by atoms with Gasteiger partial charge in [-0.05, 0) is 49.5 Å². The molecule has 1 aromatic heterocycles. The molecular weight excluding hydrogens is 432 g/mol. The summed E-state index contributed by atoms with van der Waals surface area (Å²) in [7, 11) is 0. The highest BCUT2D eigenvalue weighted by atomic mass is 16.3. The minimum Gasteiger partial charge on any atom is -0.396 e. The first-order valence-electron chi connectivity index (χ1n) is 12.3. The fourth-order valence-electron chi connectivity index (χ4n) is 6.58. The Labute approximate surface area is 199 Å². The Morgan fingerprint density at radius 2 is 1.94 bits per heavy atom. The third-order valence-electron chi connectivity index (χ3n) is 8.37. The van der Waals surface area contributed by atoms with Gasteiger partial charge in [-0.15, -0.1) is 0 Å². The van der Waals surface area contributed by atoms with Gasteiger partial charge in [-0.3, -0.25) is 19.1 Å². The highest BCUT2D eigenvalue weighted by Crippen LogP contribution is 2.59. The van der Waals surface area contributed by atoms with Crippen molar-refractivity contribution in [1.82, 2.24) is 14.7 Å². The fourth-order valence-corrected chi connectivity index (χ4v) is 6.58. The molecule has 1 aromatic carbocycles. The van der Waals surface area contributed by atoms with Crippen molar-refractivity contribution in [2.24, 2.45) is 22.5 Å². The molecule has 2 heterocycles. The topological polar surface area (TPSA) is 119 Å². The molecule has 8 nitrogen and oxygen atoms in total. The second-order valence-corrected chi connectivity index (χ2v) is 11.4. The molecule has 2 aliphatic carbocycles. The van der Waals surface area contributed by atoms with Crippen LogP contribution in [0.2, 0.25) is 0 Å². The summed E-state index contributed by atoms with van der Waals surface area (Å²) in [5.41, 5.74) is 6.18. The van der Waals surface area contributed by atoms with Crippen LogP contribution in [-0.2, 0) is 16.1 Å². The normalized spacial score (nSPS) is 29.7. The number of aliphatic hydroxyl groups is 1. The van der Waals surface area contributed by atoms with Gasteiger partial charge in [0, 0.05) is 23.3 Å². The summed E-state index contributed by atoms with van der Waals surface area (Å²) in [5, 5.41) is 15.0. The number of carbonyl (C=O) groups excluding carboxylic acids is 3. The Hall–Kier alpha value is -2.74. The van der Waals surface area contributed by atoms with E-state index in [1.165, 1.54) is 11.1 Å². The van der Waals surface area contributed by atoms with Gasteiger partial charge in [0.1, 0.15) is 6.54 Å². The van der Waals surface area contributed by atoms with Crippen LogP contribution >= 0.6 is 0 Å². The van der Waals surface area contributed by atoms with Gasteiger partial charge >= 0.3 is 0 Å². The van der Waals surface area contributed by atoms with Crippen LogP contribution in [0.15, 0.2) is 24.3 Å². The lowest BCUT2D eigenvalue weighted by atomic mass is 9.70. The maximum atomic E-state index is 13.6. The van der Waals surface area contributed by atoms with Gasteiger partial charge in [-0.25, -0.2) is 0 Å². The van der Waals surface area contributed by atoms with Crippen LogP contribution in [-0.4, -0.2) is 56.1 Å². The monoisotopic (exact) mass is 466 g/mol. The number of aromatic nitrogens is 2. The van der Waals surface area contributed by atoms with E-state index in [1.54, 1.807) is 23.1 Å². The Kier molecular flexibility index (Phi) is 5.54. The summed E-state index contributed by atoms with van der Waals surface area (Å²) in [6, 6.07) is 6.56. The Bertz CT molecular complexity index is 1150. The van der Waals surface area contributed by atoms with E-state index in [-0.39, 0.29) is 47.4 Å². The molecule has 34 heavy (non-hydrogen) atoms. The van der Waals surface area contributed by atoms with E-state index in [0.29, 0.717) is 29.7 Å². The fraction of sp³-hybridized carbons (Fsp3) is 0.615. The number of para-hydroxylation sites is 1. The zero-order valence-electron chi connectivity index (χ0n) is 20.0. The zero-order valence-corrected chi connectivity index (χ0v) is 20.0. The van der Waals surface area contributed by atoms with Crippen molar-refractivity contribution < 1.29 is 19.5 Å². The van der Waals surface area contributed by atoms with Crippen molar-refractivity contribution in [2.45, 2.75) is 77.4 Å². The van der Waals surface area contributed by atoms with Gasteiger partial charge < -0.3 is 15.7 Å². The first kappa shape index (κ1) is 23.0. The minimum atomic E-state index is -0.645. The van der Waals surface area contributed by atoms with Crippen molar-refractivity contribution in [3.05, 3.63) is 30.0 Å². The van der Waals surface area contributed by atoms with E-state index in [1.807, 2.05) is 6.07 Å². The molecule has 0 unspecified atom stereocenters. The number of rotatable bonds is 7. The number of carbonyl (C=O) groups is 3. The first-order chi connectivity index (χ1) is 16.1. The van der Waals surface area contributed by atoms with Gasteiger partial charge in [0.15, 0.2) is 11.5 Å². The second-order valence-electron chi connectivity index (χ2n) is 11.4. The summed E-state index contributed by atoms with van der Waals surface area (Å²) in [6.07, 6.45) is 6.15. The molecule has 2 saturated carbocycles. The number of nitrogens with zero attached hydrogens (tertiary/aromatic N) is 3. The number of fused-ring (bicyclic) bond motifs is 2. The molecule has 3 fully saturated rings. The van der Waals surface area contributed by atoms with Crippen LogP contribution in [0, 0.1) is 16.7 Å². The van der Waals surface area contributed by atoms with Crippen LogP contribution in [0.5, 0.6) is 0 Å². The summed E-state index contributed by atoms with van der Waals surface area (Å²) in [4.78, 5) is 40.6. The number of likely N-dealkylation sites (tertiary alicyclic amines) is 1. The largest absolute Gasteiger partial charge is 0.396 e. The van der Waals surface area contributed by atoms with Gasteiger partial charge in [0.25, 0.3) is 5.91 Å². The molecule has 2 amide bonds. The SMILES string of the molecule is CC1(C)CCC[C@@H](CC(=O)[C@@H]2C[C@@]3(CO)C[C@H]3N2C(=O)Cn2nc(C(N)=O)c3ccccc32)C1. The molecule has 8 heteroatoms. The first-order valence-corrected chi connectivity index (χ1v) is 12.3. The summed E-state index contributed by atoms with van der Waals surface area (Å²) in [6.45, 7) is 4.43. The molecule has 0 spiro atoms. The maximum Gasteiger partial charge on any atom is 0.269 e. The number of aliphatic hydroxyl groups excluding tert-OH is 1. The van der Waals surface area contributed by atoms with E-state index in [9.17, 15) is 19.5 Å². The van der Waals surface area contributed by atoms with Crippen LogP contribution < -0.4 is 5.73 Å². The molecular formula is C26H34N4O4. The smallest absolute Gasteiger partial charge is 0.269 e. The molecule has 182 valence electrons. The number of benzene rings is 1. The number of piperidine rings is 1. The predicted molar refractivity (Wildman–Crippen MR) is 127 cm³/mol. The van der Waals surface area contributed by atoms with Gasteiger partial charge in [-0.1, -0.05) is 38.5 Å². The summed E-state index contributed by atoms with van der Waals surface area (Å²) in [5.74, 6) is -0.388. The van der Waals surface area contributed by atoms with Crippen molar-refractivity contribution >= 4 is 28.5 Å². The lowest BCUT2D eigenvalue weighted by Gasteiger charge is -2.36. The number of hydrogen-bond acceptors (Lipinski definition) is 5. The molecule has 3 N–H and O–H groups in total. The number of primary amides is 1. The number of hydrogen-bond donors (Lipinski definition) is 2.